The van der Waals surface area contributed by atoms with Crippen molar-refractivity contribution in [3.63, 3.8) is 0 Å². The van der Waals surface area contributed by atoms with Crippen LogP contribution in [0.1, 0.15) is 40.5 Å². The molecule has 4 heteroatoms. The molecule has 130 valence electrons. The molecule has 0 N–H and O–H groups in total. The first kappa shape index (κ1) is 15.5. The van der Waals surface area contributed by atoms with Gasteiger partial charge in [0.15, 0.2) is 0 Å². The molecule has 0 spiro atoms. The molecule has 2 fully saturated rings. The summed E-state index contributed by atoms with van der Waals surface area (Å²) in [4.78, 5) is 40.5. The molecule has 1 heterocycles. The number of Topliss-reactive ketones (excluding diaryl/α,β-unsaturated/α-hetero) is 1. The van der Waals surface area contributed by atoms with Gasteiger partial charge in [-0.3, -0.25) is 14.4 Å². The van der Waals surface area contributed by atoms with Gasteiger partial charge in [0.25, 0.3) is 0 Å². The minimum Gasteiger partial charge on any atom is -0.299 e. The molecule has 4 nitrogen and oxygen atoms in total. The highest BCUT2D eigenvalue weighted by Gasteiger charge is 2.62. The number of rotatable bonds is 1. The highest BCUT2D eigenvalue weighted by molar-refractivity contribution is 6.24. The summed E-state index contributed by atoms with van der Waals surface area (Å²) >= 11 is 0. The number of anilines is 1. The molecular weight excluding hydrogens is 326 g/mol. The Morgan fingerprint density at radius 1 is 0.846 bits per heavy atom. The molecular formula is C22H19NO3. The Hall–Kier alpha value is -2.75. The van der Waals surface area contributed by atoms with Crippen LogP contribution in [0, 0.1) is 25.7 Å². The van der Waals surface area contributed by atoms with E-state index >= 15 is 0 Å². The molecule has 1 aliphatic heterocycles. The summed E-state index contributed by atoms with van der Waals surface area (Å²) in [7, 11) is 0. The molecule has 4 atom stereocenters. The van der Waals surface area contributed by atoms with Crippen LogP contribution in [0.2, 0.25) is 0 Å². The second-order valence-electron chi connectivity index (χ2n) is 7.72. The predicted molar refractivity (Wildman–Crippen MR) is 96.9 cm³/mol. The van der Waals surface area contributed by atoms with Crippen LogP contribution < -0.4 is 4.90 Å². The van der Waals surface area contributed by atoms with Gasteiger partial charge in [-0.25, -0.2) is 4.90 Å². The van der Waals surface area contributed by atoms with Crippen molar-refractivity contribution in [3.05, 3.63) is 64.7 Å². The Bertz CT molecular complexity index is 993. The zero-order valence-corrected chi connectivity index (χ0v) is 14.7. The van der Waals surface area contributed by atoms with E-state index in [1.807, 2.05) is 56.3 Å². The summed E-state index contributed by atoms with van der Waals surface area (Å²) in [6, 6.07) is 13.4. The summed E-state index contributed by atoms with van der Waals surface area (Å²) in [5, 5.41) is 0. The number of fused-ring (bicyclic) bond motifs is 1. The van der Waals surface area contributed by atoms with Crippen LogP contribution in [0.5, 0.6) is 0 Å². The van der Waals surface area contributed by atoms with Crippen LogP contribution in [0.3, 0.4) is 0 Å². The fraction of sp³-hybridized carbons (Fsp3) is 0.318. The third-order valence-corrected chi connectivity index (χ3v) is 6.44. The zero-order valence-electron chi connectivity index (χ0n) is 14.7. The number of ketones is 1. The highest BCUT2D eigenvalue weighted by Crippen LogP contribution is 2.57. The van der Waals surface area contributed by atoms with Crippen LogP contribution in [0.15, 0.2) is 42.5 Å². The minimum absolute atomic E-state index is 0.0954. The van der Waals surface area contributed by atoms with Gasteiger partial charge in [0.1, 0.15) is 5.78 Å². The molecule has 2 bridgehead atoms. The van der Waals surface area contributed by atoms with Crippen molar-refractivity contribution in [2.24, 2.45) is 11.8 Å². The van der Waals surface area contributed by atoms with Crippen molar-refractivity contribution >= 4 is 23.3 Å². The summed E-state index contributed by atoms with van der Waals surface area (Å²) in [5.41, 5.74) is 4.79. The molecule has 1 saturated carbocycles. The van der Waals surface area contributed by atoms with E-state index in [0.29, 0.717) is 12.1 Å². The van der Waals surface area contributed by atoms with E-state index in [1.54, 1.807) is 0 Å². The Morgan fingerprint density at radius 3 is 2.27 bits per heavy atom. The quantitative estimate of drug-likeness (QED) is 0.746. The molecule has 4 aliphatic rings. The minimum atomic E-state index is -0.551. The number of aryl methyl sites for hydroxylation is 2. The van der Waals surface area contributed by atoms with Crippen molar-refractivity contribution in [1.29, 1.82) is 0 Å². The Balaban J connectivity index is 1.65. The first-order chi connectivity index (χ1) is 12.5. The lowest BCUT2D eigenvalue weighted by Gasteiger charge is -2.43. The number of nitrogens with zero attached hydrogens (tertiary/aromatic N) is 1. The largest absolute Gasteiger partial charge is 0.299 e. The third-order valence-electron chi connectivity index (χ3n) is 6.44. The average molecular weight is 345 g/mol. The summed E-state index contributed by atoms with van der Waals surface area (Å²) in [5.74, 6) is -1.90. The maximum Gasteiger partial charge on any atom is 0.238 e. The van der Waals surface area contributed by atoms with E-state index in [4.69, 9.17) is 0 Å². The second-order valence-corrected chi connectivity index (χ2v) is 7.72. The SMILES string of the molecule is Cc1ccc(N2C(=O)[C@@H]3[C@H](C2=O)[C@@H]2CC(=O)[C@@H]3c3ccccc32)cc1C. The number of hydrogen-bond acceptors (Lipinski definition) is 3. The van der Waals surface area contributed by atoms with Gasteiger partial charge >= 0.3 is 0 Å². The van der Waals surface area contributed by atoms with Crippen LogP contribution >= 0.6 is 0 Å². The third kappa shape index (κ3) is 1.82. The molecule has 0 radical (unpaired) electrons. The topological polar surface area (TPSA) is 54.5 Å². The fourth-order valence-electron chi connectivity index (χ4n) is 5.08. The van der Waals surface area contributed by atoms with Gasteiger partial charge in [-0.15, -0.1) is 0 Å². The van der Waals surface area contributed by atoms with Crippen LogP contribution in [-0.2, 0) is 14.4 Å². The Labute approximate surface area is 151 Å². The molecule has 3 aliphatic carbocycles. The van der Waals surface area contributed by atoms with E-state index in [2.05, 4.69) is 0 Å². The fourth-order valence-corrected chi connectivity index (χ4v) is 5.08. The Morgan fingerprint density at radius 2 is 1.54 bits per heavy atom. The first-order valence-corrected chi connectivity index (χ1v) is 9.05. The van der Waals surface area contributed by atoms with Crippen molar-refractivity contribution in [1.82, 2.24) is 0 Å². The standard InChI is InChI=1S/C22H19NO3/c1-11-7-8-13(9-12(11)2)23-21(25)19-16-10-17(24)18(20(19)22(23)26)15-6-4-3-5-14(15)16/h3-9,16,18-20H,10H2,1-2H3/t16-,18+,19-,20+/m1/s1. The van der Waals surface area contributed by atoms with Gasteiger partial charge in [-0.1, -0.05) is 30.3 Å². The first-order valence-electron chi connectivity index (χ1n) is 9.05. The lowest BCUT2D eigenvalue weighted by Crippen LogP contribution is -2.44. The molecule has 2 amide bonds. The van der Waals surface area contributed by atoms with Crippen molar-refractivity contribution in [2.45, 2.75) is 32.1 Å². The van der Waals surface area contributed by atoms with Crippen LogP contribution in [-0.4, -0.2) is 17.6 Å². The van der Waals surface area contributed by atoms with Gasteiger partial charge in [0.05, 0.1) is 23.4 Å². The molecule has 0 unspecified atom stereocenters. The highest BCUT2D eigenvalue weighted by atomic mass is 16.2. The van der Waals surface area contributed by atoms with E-state index in [-0.39, 0.29) is 23.5 Å². The number of imide groups is 1. The molecule has 2 aromatic rings. The van der Waals surface area contributed by atoms with Gasteiger partial charge in [0.2, 0.25) is 11.8 Å². The number of carbonyl (C=O) groups is 3. The number of hydrogen-bond donors (Lipinski definition) is 0. The van der Waals surface area contributed by atoms with E-state index in [1.165, 1.54) is 4.90 Å². The number of amides is 2. The van der Waals surface area contributed by atoms with Gasteiger partial charge in [0, 0.05) is 12.3 Å². The van der Waals surface area contributed by atoms with Crippen molar-refractivity contribution in [3.8, 4) is 0 Å². The van der Waals surface area contributed by atoms with Gasteiger partial charge in [-0.05, 0) is 48.2 Å². The summed E-state index contributed by atoms with van der Waals surface area (Å²) in [6.07, 6.45) is 0.364. The number of benzene rings is 2. The summed E-state index contributed by atoms with van der Waals surface area (Å²) < 4.78 is 0. The smallest absolute Gasteiger partial charge is 0.238 e. The van der Waals surface area contributed by atoms with E-state index < -0.39 is 17.8 Å². The molecule has 0 aromatic heterocycles. The van der Waals surface area contributed by atoms with Crippen LogP contribution in [0.4, 0.5) is 5.69 Å². The maximum atomic E-state index is 13.2. The predicted octanol–water partition coefficient (Wildman–Crippen LogP) is 3.26. The monoisotopic (exact) mass is 345 g/mol. The molecule has 1 saturated heterocycles. The lowest BCUT2D eigenvalue weighted by atomic mass is 9.56. The second kappa shape index (κ2) is 5.13. The van der Waals surface area contributed by atoms with E-state index in [0.717, 1.165) is 22.3 Å². The van der Waals surface area contributed by atoms with Gasteiger partial charge in [-0.2, -0.15) is 0 Å². The van der Waals surface area contributed by atoms with E-state index in [9.17, 15) is 14.4 Å². The average Bonchev–Trinajstić information content (AvgIpc) is 2.90. The van der Waals surface area contributed by atoms with Crippen molar-refractivity contribution < 1.29 is 14.4 Å². The number of carbonyl (C=O) groups excluding carboxylic acids is 3. The normalized spacial score (nSPS) is 29.2. The van der Waals surface area contributed by atoms with Crippen LogP contribution in [0.25, 0.3) is 0 Å². The lowest BCUT2D eigenvalue weighted by molar-refractivity contribution is -0.134. The maximum absolute atomic E-state index is 13.2. The zero-order chi connectivity index (χ0) is 18.2. The molecule has 2 aromatic carbocycles. The molecule has 26 heavy (non-hydrogen) atoms. The van der Waals surface area contributed by atoms with Crippen molar-refractivity contribution in [2.75, 3.05) is 4.90 Å². The summed E-state index contributed by atoms with van der Waals surface area (Å²) in [6.45, 7) is 3.97. The molecule has 6 rings (SSSR count). The Kier molecular flexibility index (Phi) is 3.06. The van der Waals surface area contributed by atoms with Gasteiger partial charge < -0.3 is 0 Å².